The van der Waals surface area contributed by atoms with Gasteiger partial charge in [-0.3, -0.25) is 0 Å². The molecule has 4 nitrogen and oxygen atoms in total. The van der Waals surface area contributed by atoms with E-state index in [-0.39, 0.29) is 6.04 Å². The van der Waals surface area contributed by atoms with Gasteiger partial charge in [-0.05, 0) is 19.1 Å². The molecule has 0 aromatic carbocycles. The Labute approximate surface area is 76.3 Å². The molecule has 0 aliphatic rings. The van der Waals surface area contributed by atoms with Gasteiger partial charge in [0.25, 0.3) is 0 Å². The first kappa shape index (κ1) is 8.99. The fraction of sp³-hybridized carbons (Fsp3) is 0.429. The molecule has 66 valence electrons. The van der Waals surface area contributed by atoms with Crippen LogP contribution in [-0.4, -0.2) is 17.3 Å². The van der Waals surface area contributed by atoms with E-state index in [1.54, 1.807) is 13.1 Å². The largest absolute Gasteiger partial charge is 0.366 e. The Morgan fingerprint density at radius 3 is 3.00 bits per heavy atom. The Bertz CT molecular complexity index is 247. The zero-order valence-electron chi connectivity index (χ0n) is 7.00. The highest BCUT2D eigenvalue weighted by molar-refractivity contribution is 7.80. The zero-order valence-corrected chi connectivity index (χ0v) is 7.81. The Morgan fingerprint density at radius 1 is 1.75 bits per heavy atom. The highest BCUT2D eigenvalue weighted by Crippen LogP contribution is 2.07. The van der Waals surface area contributed by atoms with E-state index in [1.165, 1.54) is 6.26 Å². The van der Waals surface area contributed by atoms with Gasteiger partial charge in [0.15, 0.2) is 5.11 Å². The molecule has 1 aromatic heterocycles. The fourth-order valence-corrected chi connectivity index (χ4v) is 0.965. The standard InChI is InChI=1S/C7H11N3OS/c1-5(9-7(12)8-2)6-3-4-11-10-6/h3-5H,1-2H3,(H2,8,9,12). The number of aromatic nitrogens is 1. The van der Waals surface area contributed by atoms with Gasteiger partial charge in [-0.15, -0.1) is 0 Å². The monoisotopic (exact) mass is 185 g/mol. The van der Waals surface area contributed by atoms with Crippen molar-refractivity contribution in [2.75, 3.05) is 7.05 Å². The Morgan fingerprint density at radius 2 is 2.50 bits per heavy atom. The molecule has 1 unspecified atom stereocenters. The summed E-state index contributed by atoms with van der Waals surface area (Å²) in [4.78, 5) is 0. The van der Waals surface area contributed by atoms with Gasteiger partial charge in [0.1, 0.15) is 12.0 Å². The lowest BCUT2D eigenvalue weighted by molar-refractivity contribution is 0.404. The van der Waals surface area contributed by atoms with Gasteiger partial charge >= 0.3 is 0 Å². The quantitative estimate of drug-likeness (QED) is 0.668. The van der Waals surface area contributed by atoms with E-state index in [4.69, 9.17) is 16.7 Å². The normalized spacial score (nSPS) is 12.2. The van der Waals surface area contributed by atoms with Crippen LogP contribution in [0, 0.1) is 0 Å². The summed E-state index contributed by atoms with van der Waals surface area (Å²) in [6, 6.07) is 1.87. The molecule has 1 atom stereocenters. The summed E-state index contributed by atoms with van der Waals surface area (Å²) in [5.41, 5.74) is 0.840. The zero-order chi connectivity index (χ0) is 8.97. The number of thiocarbonyl (C=S) groups is 1. The van der Waals surface area contributed by atoms with Crippen molar-refractivity contribution in [3.8, 4) is 0 Å². The van der Waals surface area contributed by atoms with E-state index in [2.05, 4.69) is 15.8 Å². The van der Waals surface area contributed by atoms with Crippen molar-refractivity contribution >= 4 is 17.3 Å². The molecule has 0 saturated carbocycles. The minimum absolute atomic E-state index is 0.0729. The second-order valence-electron chi connectivity index (χ2n) is 2.37. The number of hydrogen-bond donors (Lipinski definition) is 2. The Kier molecular flexibility index (Phi) is 3.04. The predicted molar refractivity (Wildman–Crippen MR) is 49.7 cm³/mol. The molecule has 0 fully saturated rings. The second-order valence-corrected chi connectivity index (χ2v) is 2.78. The third-order valence-electron chi connectivity index (χ3n) is 1.48. The third kappa shape index (κ3) is 2.20. The number of hydrogen-bond acceptors (Lipinski definition) is 3. The van der Waals surface area contributed by atoms with Crippen molar-refractivity contribution in [2.45, 2.75) is 13.0 Å². The smallest absolute Gasteiger partial charge is 0.166 e. The van der Waals surface area contributed by atoms with Crippen LogP contribution in [0.2, 0.25) is 0 Å². The molecule has 1 heterocycles. The minimum atomic E-state index is 0.0729. The topological polar surface area (TPSA) is 50.1 Å². The summed E-state index contributed by atoms with van der Waals surface area (Å²) in [5.74, 6) is 0. The van der Waals surface area contributed by atoms with Crippen LogP contribution in [0.15, 0.2) is 16.9 Å². The average molecular weight is 185 g/mol. The number of nitrogens with zero attached hydrogens (tertiary/aromatic N) is 1. The van der Waals surface area contributed by atoms with Crippen LogP contribution in [0.25, 0.3) is 0 Å². The molecule has 1 rings (SSSR count). The average Bonchev–Trinajstić information content (AvgIpc) is 2.56. The van der Waals surface area contributed by atoms with E-state index in [0.717, 1.165) is 5.69 Å². The highest BCUT2D eigenvalue weighted by atomic mass is 32.1. The molecule has 2 N–H and O–H groups in total. The van der Waals surface area contributed by atoms with Gasteiger partial charge in [-0.25, -0.2) is 0 Å². The number of nitrogens with one attached hydrogen (secondary N) is 2. The van der Waals surface area contributed by atoms with E-state index in [9.17, 15) is 0 Å². The van der Waals surface area contributed by atoms with Gasteiger partial charge in [0.2, 0.25) is 0 Å². The molecule has 0 amide bonds. The first-order chi connectivity index (χ1) is 5.74. The Balaban J connectivity index is 2.49. The van der Waals surface area contributed by atoms with Gasteiger partial charge in [0, 0.05) is 13.1 Å². The maximum Gasteiger partial charge on any atom is 0.166 e. The molecular formula is C7H11N3OS. The molecular weight excluding hydrogens is 174 g/mol. The maximum atomic E-state index is 4.92. The molecule has 0 aliphatic heterocycles. The van der Waals surface area contributed by atoms with Crippen LogP contribution in [0.1, 0.15) is 18.7 Å². The molecule has 12 heavy (non-hydrogen) atoms. The number of rotatable bonds is 2. The lowest BCUT2D eigenvalue weighted by Gasteiger charge is -2.11. The molecule has 0 radical (unpaired) electrons. The Hall–Kier alpha value is -1.10. The molecule has 0 bridgehead atoms. The third-order valence-corrected chi connectivity index (χ3v) is 1.80. The van der Waals surface area contributed by atoms with Gasteiger partial charge < -0.3 is 15.2 Å². The summed E-state index contributed by atoms with van der Waals surface area (Å²) < 4.78 is 4.70. The summed E-state index contributed by atoms with van der Waals surface area (Å²) in [6.45, 7) is 1.96. The predicted octanol–water partition coefficient (Wildman–Crippen LogP) is 0.829. The van der Waals surface area contributed by atoms with Gasteiger partial charge in [-0.1, -0.05) is 5.16 Å². The lowest BCUT2D eigenvalue weighted by atomic mass is 10.2. The summed E-state index contributed by atoms with van der Waals surface area (Å²) in [6.07, 6.45) is 1.54. The van der Waals surface area contributed by atoms with Crippen molar-refractivity contribution in [3.63, 3.8) is 0 Å². The molecule has 0 spiro atoms. The van der Waals surface area contributed by atoms with Crippen LogP contribution in [0.4, 0.5) is 0 Å². The maximum absolute atomic E-state index is 4.92. The SMILES string of the molecule is CNC(=S)NC(C)c1ccon1. The van der Waals surface area contributed by atoms with Crippen molar-refractivity contribution in [3.05, 3.63) is 18.0 Å². The lowest BCUT2D eigenvalue weighted by Crippen LogP contribution is -2.34. The summed E-state index contributed by atoms with van der Waals surface area (Å²) >= 11 is 4.92. The molecule has 0 aliphatic carbocycles. The van der Waals surface area contributed by atoms with Crippen molar-refractivity contribution in [2.24, 2.45) is 0 Å². The van der Waals surface area contributed by atoms with Crippen molar-refractivity contribution in [1.82, 2.24) is 15.8 Å². The van der Waals surface area contributed by atoms with Crippen LogP contribution in [0.5, 0.6) is 0 Å². The molecule has 1 aromatic rings. The van der Waals surface area contributed by atoms with Gasteiger partial charge in [0.05, 0.1) is 6.04 Å². The van der Waals surface area contributed by atoms with Crippen LogP contribution in [-0.2, 0) is 0 Å². The summed E-state index contributed by atoms with van der Waals surface area (Å²) in [7, 11) is 1.77. The molecule has 5 heteroatoms. The van der Waals surface area contributed by atoms with Crippen molar-refractivity contribution < 1.29 is 4.52 Å². The van der Waals surface area contributed by atoms with E-state index in [0.29, 0.717) is 5.11 Å². The minimum Gasteiger partial charge on any atom is -0.366 e. The highest BCUT2D eigenvalue weighted by Gasteiger charge is 2.07. The van der Waals surface area contributed by atoms with E-state index < -0.39 is 0 Å². The van der Waals surface area contributed by atoms with Crippen molar-refractivity contribution in [1.29, 1.82) is 0 Å². The second kappa shape index (κ2) is 4.06. The summed E-state index contributed by atoms with van der Waals surface area (Å²) in [5, 5.41) is 10.2. The first-order valence-corrected chi connectivity index (χ1v) is 4.03. The molecule has 0 saturated heterocycles. The van der Waals surface area contributed by atoms with Crippen LogP contribution < -0.4 is 10.6 Å². The van der Waals surface area contributed by atoms with Crippen LogP contribution in [0.3, 0.4) is 0 Å². The van der Waals surface area contributed by atoms with E-state index >= 15 is 0 Å². The fourth-order valence-electron chi connectivity index (χ4n) is 0.788. The first-order valence-electron chi connectivity index (χ1n) is 3.62. The van der Waals surface area contributed by atoms with Gasteiger partial charge in [-0.2, -0.15) is 0 Å². The van der Waals surface area contributed by atoms with Crippen LogP contribution >= 0.6 is 12.2 Å². The van der Waals surface area contributed by atoms with E-state index in [1.807, 2.05) is 6.92 Å².